The zero-order valence-electron chi connectivity index (χ0n) is 6.37. The SMILES string of the molecule is CCC[C@H](O)[C@@H](O)C(C)=O. The molecule has 0 bridgehead atoms. The molecule has 0 aliphatic heterocycles. The van der Waals surface area contributed by atoms with Crippen LogP contribution in [0.2, 0.25) is 0 Å². The molecule has 0 heterocycles. The third-order valence-electron chi connectivity index (χ3n) is 1.37. The van der Waals surface area contributed by atoms with Crippen molar-refractivity contribution in [3.63, 3.8) is 0 Å². The number of aliphatic hydroxyl groups excluding tert-OH is 2. The zero-order chi connectivity index (χ0) is 8.15. The Kier molecular flexibility index (Phi) is 4.23. The monoisotopic (exact) mass is 146 g/mol. The van der Waals surface area contributed by atoms with Gasteiger partial charge in [-0.15, -0.1) is 0 Å². The summed E-state index contributed by atoms with van der Waals surface area (Å²) in [6, 6.07) is 0. The number of ketones is 1. The summed E-state index contributed by atoms with van der Waals surface area (Å²) in [5.74, 6) is -0.374. The molecule has 0 radical (unpaired) electrons. The van der Waals surface area contributed by atoms with Crippen molar-refractivity contribution in [3.8, 4) is 0 Å². The van der Waals surface area contributed by atoms with Gasteiger partial charge in [0.15, 0.2) is 5.78 Å². The molecule has 0 rings (SSSR count). The topological polar surface area (TPSA) is 57.5 Å². The van der Waals surface area contributed by atoms with Crippen LogP contribution in [0.5, 0.6) is 0 Å². The van der Waals surface area contributed by atoms with E-state index < -0.39 is 12.2 Å². The summed E-state index contributed by atoms with van der Waals surface area (Å²) in [6.07, 6.45) is -0.839. The summed E-state index contributed by atoms with van der Waals surface area (Å²) in [5, 5.41) is 17.9. The van der Waals surface area contributed by atoms with Gasteiger partial charge in [0, 0.05) is 0 Å². The first kappa shape index (κ1) is 9.59. The van der Waals surface area contributed by atoms with E-state index in [9.17, 15) is 4.79 Å². The minimum atomic E-state index is -1.19. The van der Waals surface area contributed by atoms with E-state index in [0.717, 1.165) is 6.42 Å². The molecule has 2 N–H and O–H groups in total. The van der Waals surface area contributed by atoms with E-state index in [1.807, 2.05) is 6.92 Å². The van der Waals surface area contributed by atoms with E-state index in [1.165, 1.54) is 6.92 Å². The molecule has 0 saturated heterocycles. The van der Waals surface area contributed by atoms with E-state index in [4.69, 9.17) is 10.2 Å². The maximum absolute atomic E-state index is 10.5. The highest BCUT2D eigenvalue weighted by Crippen LogP contribution is 2.02. The minimum Gasteiger partial charge on any atom is -0.390 e. The second-order valence-electron chi connectivity index (χ2n) is 2.41. The van der Waals surface area contributed by atoms with Crippen molar-refractivity contribution in [1.82, 2.24) is 0 Å². The average Bonchev–Trinajstić information content (AvgIpc) is 1.87. The Morgan fingerprint density at radius 2 is 2.00 bits per heavy atom. The maximum Gasteiger partial charge on any atom is 0.160 e. The first-order valence-electron chi connectivity index (χ1n) is 3.46. The fourth-order valence-electron chi connectivity index (χ4n) is 0.725. The molecule has 3 nitrogen and oxygen atoms in total. The van der Waals surface area contributed by atoms with Crippen LogP contribution in [-0.4, -0.2) is 28.2 Å². The van der Waals surface area contributed by atoms with Gasteiger partial charge in [0.1, 0.15) is 6.10 Å². The van der Waals surface area contributed by atoms with Crippen molar-refractivity contribution in [2.75, 3.05) is 0 Å². The van der Waals surface area contributed by atoms with Gasteiger partial charge >= 0.3 is 0 Å². The van der Waals surface area contributed by atoms with Crippen molar-refractivity contribution in [2.45, 2.75) is 38.9 Å². The standard InChI is InChI=1S/C7H14O3/c1-3-4-6(9)7(10)5(2)8/h6-7,9-10H,3-4H2,1-2H3/t6-,7-/m0/s1. The molecular weight excluding hydrogens is 132 g/mol. The van der Waals surface area contributed by atoms with Crippen LogP contribution >= 0.6 is 0 Å². The van der Waals surface area contributed by atoms with E-state index in [1.54, 1.807) is 0 Å². The summed E-state index contributed by atoms with van der Waals surface area (Å²) in [5.41, 5.74) is 0. The molecule has 0 aliphatic rings. The fourth-order valence-corrected chi connectivity index (χ4v) is 0.725. The lowest BCUT2D eigenvalue weighted by Gasteiger charge is -2.13. The Hall–Kier alpha value is -0.410. The molecular formula is C7H14O3. The summed E-state index contributed by atoms with van der Waals surface area (Å²) < 4.78 is 0. The molecule has 60 valence electrons. The molecule has 0 saturated carbocycles. The zero-order valence-corrected chi connectivity index (χ0v) is 6.37. The number of carbonyl (C=O) groups is 1. The molecule has 0 amide bonds. The highest BCUT2D eigenvalue weighted by atomic mass is 16.3. The normalized spacial score (nSPS) is 16.4. The second-order valence-corrected chi connectivity index (χ2v) is 2.41. The highest BCUT2D eigenvalue weighted by molar-refractivity contribution is 5.80. The van der Waals surface area contributed by atoms with Crippen LogP contribution in [0.1, 0.15) is 26.7 Å². The smallest absolute Gasteiger partial charge is 0.160 e. The van der Waals surface area contributed by atoms with Gasteiger partial charge in [-0.3, -0.25) is 4.79 Å². The number of carbonyl (C=O) groups excluding carboxylic acids is 1. The summed E-state index contributed by atoms with van der Waals surface area (Å²) in [4.78, 5) is 10.5. The van der Waals surface area contributed by atoms with Crippen LogP contribution < -0.4 is 0 Å². The summed E-state index contributed by atoms with van der Waals surface area (Å²) in [6.45, 7) is 3.15. The fraction of sp³-hybridized carbons (Fsp3) is 0.857. The lowest BCUT2D eigenvalue weighted by molar-refractivity contribution is -0.130. The van der Waals surface area contributed by atoms with Crippen molar-refractivity contribution in [1.29, 1.82) is 0 Å². The molecule has 2 atom stereocenters. The van der Waals surface area contributed by atoms with Gasteiger partial charge in [0.05, 0.1) is 6.10 Å². The van der Waals surface area contributed by atoms with Crippen LogP contribution in [0.15, 0.2) is 0 Å². The molecule has 0 aromatic carbocycles. The van der Waals surface area contributed by atoms with E-state index in [-0.39, 0.29) is 5.78 Å². The third kappa shape index (κ3) is 2.94. The quantitative estimate of drug-likeness (QED) is 0.591. The van der Waals surface area contributed by atoms with Gasteiger partial charge in [0.25, 0.3) is 0 Å². The average molecular weight is 146 g/mol. The van der Waals surface area contributed by atoms with Gasteiger partial charge in [-0.05, 0) is 13.3 Å². The van der Waals surface area contributed by atoms with Gasteiger partial charge < -0.3 is 10.2 Å². The van der Waals surface area contributed by atoms with Crippen LogP contribution in [0.4, 0.5) is 0 Å². The van der Waals surface area contributed by atoms with Gasteiger partial charge in [-0.1, -0.05) is 13.3 Å². The van der Waals surface area contributed by atoms with Crippen molar-refractivity contribution in [3.05, 3.63) is 0 Å². The highest BCUT2D eigenvalue weighted by Gasteiger charge is 2.18. The van der Waals surface area contributed by atoms with Crippen LogP contribution in [0, 0.1) is 0 Å². The molecule has 0 aliphatic carbocycles. The largest absolute Gasteiger partial charge is 0.390 e. The molecule has 10 heavy (non-hydrogen) atoms. The van der Waals surface area contributed by atoms with Gasteiger partial charge in [0.2, 0.25) is 0 Å². The van der Waals surface area contributed by atoms with Gasteiger partial charge in [-0.2, -0.15) is 0 Å². The number of aliphatic hydroxyl groups is 2. The molecule has 0 unspecified atom stereocenters. The molecule has 0 spiro atoms. The summed E-state index contributed by atoms with van der Waals surface area (Å²) in [7, 11) is 0. The molecule has 3 heteroatoms. The van der Waals surface area contributed by atoms with E-state index in [0.29, 0.717) is 6.42 Å². The van der Waals surface area contributed by atoms with Crippen LogP contribution in [0.3, 0.4) is 0 Å². The van der Waals surface area contributed by atoms with Crippen molar-refractivity contribution in [2.24, 2.45) is 0 Å². The Balaban J connectivity index is 3.69. The predicted octanol–water partition coefficient (Wildman–Crippen LogP) is 0.0973. The number of rotatable bonds is 4. The van der Waals surface area contributed by atoms with E-state index in [2.05, 4.69) is 0 Å². The lowest BCUT2D eigenvalue weighted by atomic mass is 10.1. The maximum atomic E-state index is 10.5. The Morgan fingerprint density at radius 1 is 1.50 bits per heavy atom. The van der Waals surface area contributed by atoms with Crippen molar-refractivity contribution < 1.29 is 15.0 Å². The summed E-state index contributed by atoms with van der Waals surface area (Å²) >= 11 is 0. The predicted molar refractivity (Wildman–Crippen MR) is 37.6 cm³/mol. The Morgan fingerprint density at radius 3 is 2.30 bits per heavy atom. The Bertz CT molecular complexity index is 111. The first-order chi connectivity index (χ1) is 4.59. The Labute approximate surface area is 60.7 Å². The second kappa shape index (κ2) is 4.41. The first-order valence-corrected chi connectivity index (χ1v) is 3.46. The van der Waals surface area contributed by atoms with Crippen LogP contribution in [-0.2, 0) is 4.79 Å². The molecule has 0 aromatic rings. The lowest BCUT2D eigenvalue weighted by Crippen LogP contribution is -2.31. The molecule has 0 aromatic heterocycles. The number of hydrogen-bond donors (Lipinski definition) is 2. The van der Waals surface area contributed by atoms with E-state index >= 15 is 0 Å². The van der Waals surface area contributed by atoms with Crippen LogP contribution in [0.25, 0.3) is 0 Å². The number of Topliss-reactive ketones (excluding diaryl/α,β-unsaturated/α-hetero) is 1. The number of hydrogen-bond acceptors (Lipinski definition) is 3. The van der Waals surface area contributed by atoms with Gasteiger partial charge in [-0.25, -0.2) is 0 Å². The third-order valence-corrected chi connectivity index (χ3v) is 1.37. The van der Waals surface area contributed by atoms with Crippen molar-refractivity contribution >= 4 is 5.78 Å². The minimum absolute atomic E-state index is 0.374. The molecule has 0 fully saturated rings.